The maximum absolute atomic E-state index is 12.7. The van der Waals surface area contributed by atoms with Crippen LogP contribution >= 0.6 is 0 Å². The SMILES string of the molecule is CCCC(=O)c1ccc2c(c1)N(CC(=O)Nc1cccc(C(C)=O)c1)C(=O)C(C)O2. The van der Waals surface area contributed by atoms with E-state index in [1.807, 2.05) is 6.92 Å². The zero-order valence-corrected chi connectivity index (χ0v) is 17.2. The van der Waals surface area contributed by atoms with E-state index in [-0.39, 0.29) is 24.0 Å². The second kappa shape index (κ2) is 8.90. The Bertz CT molecular complexity index is 1010. The maximum atomic E-state index is 12.7. The van der Waals surface area contributed by atoms with E-state index in [9.17, 15) is 19.2 Å². The predicted molar refractivity (Wildman–Crippen MR) is 113 cm³/mol. The standard InChI is InChI=1S/C23H24N2O5/c1-4-6-20(27)17-9-10-21-19(12-17)25(23(29)15(3)30-21)13-22(28)24-18-8-5-7-16(11-18)14(2)26/h5,7-12,15H,4,6,13H2,1-3H3,(H,24,28). The Morgan fingerprint density at radius 1 is 1.10 bits per heavy atom. The number of fused-ring (bicyclic) bond motifs is 1. The van der Waals surface area contributed by atoms with Crippen LogP contribution in [0, 0.1) is 0 Å². The van der Waals surface area contributed by atoms with Crippen LogP contribution in [0.1, 0.15) is 54.3 Å². The molecule has 156 valence electrons. The van der Waals surface area contributed by atoms with Crippen LogP contribution in [0.5, 0.6) is 5.75 Å². The number of anilines is 2. The highest BCUT2D eigenvalue weighted by molar-refractivity contribution is 6.07. The molecule has 0 bridgehead atoms. The molecule has 2 aromatic carbocycles. The van der Waals surface area contributed by atoms with E-state index in [0.717, 1.165) is 0 Å². The van der Waals surface area contributed by atoms with Gasteiger partial charge in [0.25, 0.3) is 5.91 Å². The lowest BCUT2D eigenvalue weighted by molar-refractivity contribution is -0.127. The van der Waals surface area contributed by atoms with Crippen LogP contribution in [0.4, 0.5) is 11.4 Å². The van der Waals surface area contributed by atoms with Crippen LogP contribution < -0.4 is 15.0 Å². The molecular formula is C23H24N2O5. The van der Waals surface area contributed by atoms with Gasteiger partial charge >= 0.3 is 0 Å². The number of rotatable bonds is 7. The zero-order valence-electron chi connectivity index (χ0n) is 17.2. The fourth-order valence-electron chi connectivity index (χ4n) is 3.27. The number of hydrogen-bond acceptors (Lipinski definition) is 5. The lowest BCUT2D eigenvalue weighted by atomic mass is 10.0. The molecule has 1 aliphatic heterocycles. The molecule has 1 heterocycles. The Labute approximate surface area is 175 Å². The fourth-order valence-corrected chi connectivity index (χ4v) is 3.27. The van der Waals surface area contributed by atoms with Crippen LogP contribution in [0.15, 0.2) is 42.5 Å². The van der Waals surface area contributed by atoms with Gasteiger partial charge in [-0.05, 0) is 50.6 Å². The van der Waals surface area contributed by atoms with Crippen molar-refractivity contribution >= 4 is 34.8 Å². The van der Waals surface area contributed by atoms with Gasteiger partial charge < -0.3 is 10.1 Å². The second-order valence-electron chi connectivity index (χ2n) is 7.23. The van der Waals surface area contributed by atoms with Gasteiger partial charge in [-0.25, -0.2) is 0 Å². The quantitative estimate of drug-likeness (QED) is 0.707. The van der Waals surface area contributed by atoms with Crippen LogP contribution in [-0.4, -0.2) is 36.0 Å². The first-order chi connectivity index (χ1) is 14.3. The minimum absolute atomic E-state index is 0.0307. The summed E-state index contributed by atoms with van der Waals surface area (Å²) in [6.45, 7) is 4.74. The molecule has 0 radical (unpaired) electrons. The van der Waals surface area contributed by atoms with Crippen LogP contribution in [0.3, 0.4) is 0 Å². The van der Waals surface area contributed by atoms with Crippen LogP contribution in [0.2, 0.25) is 0 Å². The Balaban J connectivity index is 1.84. The molecule has 1 aliphatic rings. The predicted octanol–water partition coefficient (Wildman–Crippen LogP) is 3.62. The van der Waals surface area contributed by atoms with Gasteiger partial charge in [0.1, 0.15) is 12.3 Å². The van der Waals surface area contributed by atoms with Crippen molar-refractivity contribution in [3.05, 3.63) is 53.6 Å². The Morgan fingerprint density at radius 2 is 1.87 bits per heavy atom. The Morgan fingerprint density at radius 3 is 2.57 bits per heavy atom. The average molecular weight is 408 g/mol. The summed E-state index contributed by atoms with van der Waals surface area (Å²) in [7, 11) is 0. The highest BCUT2D eigenvalue weighted by atomic mass is 16.5. The summed E-state index contributed by atoms with van der Waals surface area (Å²) in [5.41, 5.74) is 1.82. The van der Waals surface area contributed by atoms with Gasteiger partial charge in [0.05, 0.1) is 5.69 Å². The topological polar surface area (TPSA) is 92.8 Å². The molecule has 30 heavy (non-hydrogen) atoms. The highest BCUT2D eigenvalue weighted by Crippen LogP contribution is 2.35. The maximum Gasteiger partial charge on any atom is 0.268 e. The van der Waals surface area contributed by atoms with E-state index in [2.05, 4.69) is 5.32 Å². The van der Waals surface area contributed by atoms with E-state index in [1.54, 1.807) is 49.4 Å². The fraction of sp³-hybridized carbons (Fsp3) is 0.304. The molecule has 1 unspecified atom stereocenters. The van der Waals surface area contributed by atoms with Crippen LogP contribution in [0.25, 0.3) is 0 Å². The number of nitrogens with one attached hydrogen (secondary N) is 1. The minimum atomic E-state index is -0.747. The summed E-state index contributed by atoms with van der Waals surface area (Å²) in [6.07, 6.45) is 0.369. The number of carbonyl (C=O) groups is 4. The van der Waals surface area contributed by atoms with Crippen molar-refractivity contribution in [3.8, 4) is 5.75 Å². The van der Waals surface area contributed by atoms with Crippen molar-refractivity contribution in [1.82, 2.24) is 0 Å². The van der Waals surface area contributed by atoms with Gasteiger partial charge in [0, 0.05) is 23.2 Å². The zero-order chi connectivity index (χ0) is 21.8. The molecule has 0 aromatic heterocycles. The molecule has 2 aromatic rings. The summed E-state index contributed by atoms with van der Waals surface area (Å²) in [6, 6.07) is 11.5. The molecular weight excluding hydrogens is 384 g/mol. The van der Waals surface area contributed by atoms with E-state index < -0.39 is 12.0 Å². The number of benzene rings is 2. The lowest BCUT2D eigenvalue weighted by Crippen LogP contribution is -2.47. The van der Waals surface area contributed by atoms with Gasteiger partial charge in [-0.2, -0.15) is 0 Å². The smallest absolute Gasteiger partial charge is 0.268 e. The first-order valence-electron chi connectivity index (χ1n) is 9.86. The Kier molecular flexibility index (Phi) is 6.30. The van der Waals surface area contributed by atoms with Crippen molar-refractivity contribution in [3.63, 3.8) is 0 Å². The monoisotopic (exact) mass is 408 g/mol. The van der Waals surface area contributed by atoms with E-state index >= 15 is 0 Å². The second-order valence-corrected chi connectivity index (χ2v) is 7.23. The van der Waals surface area contributed by atoms with Crippen molar-refractivity contribution in [1.29, 1.82) is 0 Å². The van der Waals surface area contributed by atoms with E-state index in [4.69, 9.17) is 4.74 Å². The number of Topliss-reactive ketones (excluding diaryl/α,β-unsaturated/α-hetero) is 2. The van der Waals surface area contributed by atoms with Gasteiger partial charge in [-0.1, -0.05) is 19.1 Å². The third-order valence-corrected chi connectivity index (χ3v) is 4.82. The van der Waals surface area contributed by atoms with Crippen molar-refractivity contribution in [2.45, 2.75) is 39.7 Å². The number of ether oxygens (including phenoxy) is 1. The van der Waals surface area contributed by atoms with E-state index in [1.165, 1.54) is 11.8 Å². The summed E-state index contributed by atoms with van der Waals surface area (Å²) < 4.78 is 5.64. The van der Waals surface area contributed by atoms with Gasteiger partial charge in [0.15, 0.2) is 17.7 Å². The number of ketones is 2. The molecule has 0 aliphatic carbocycles. The Hall–Kier alpha value is -3.48. The summed E-state index contributed by atoms with van der Waals surface area (Å²) >= 11 is 0. The molecule has 7 heteroatoms. The van der Waals surface area contributed by atoms with Gasteiger partial charge in [-0.3, -0.25) is 24.1 Å². The molecule has 0 spiro atoms. The first kappa shape index (κ1) is 21.2. The largest absolute Gasteiger partial charge is 0.479 e. The third-order valence-electron chi connectivity index (χ3n) is 4.82. The third kappa shape index (κ3) is 4.56. The summed E-state index contributed by atoms with van der Waals surface area (Å²) in [5, 5.41) is 2.72. The lowest BCUT2D eigenvalue weighted by Gasteiger charge is -2.32. The first-order valence-corrected chi connectivity index (χ1v) is 9.86. The number of carbonyl (C=O) groups excluding carboxylic acids is 4. The summed E-state index contributed by atoms with van der Waals surface area (Å²) in [5.74, 6) is -0.482. The van der Waals surface area contributed by atoms with Crippen molar-refractivity contribution in [2.75, 3.05) is 16.8 Å². The minimum Gasteiger partial charge on any atom is -0.479 e. The average Bonchev–Trinajstić information content (AvgIpc) is 2.71. The molecule has 3 rings (SSSR count). The van der Waals surface area contributed by atoms with Gasteiger partial charge in [-0.15, -0.1) is 0 Å². The molecule has 0 fully saturated rings. The molecule has 2 amide bonds. The van der Waals surface area contributed by atoms with Gasteiger partial charge in [0.2, 0.25) is 5.91 Å². The highest BCUT2D eigenvalue weighted by Gasteiger charge is 2.33. The van der Waals surface area contributed by atoms with Crippen molar-refractivity contribution in [2.24, 2.45) is 0 Å². The van der Waals surface area contributed by atoms with Crippen LogP contribution in [-0.2, 0) is 9.59 Å². The molecule has 1 atom stereocenters. The number of amides is 2. The summed E-state index contributed by atoms with van der Waals surface area (Å²) in [4.78, 5) is 50.5. The molecule has 7 nitrogen and oxygen atoms in total. The number of hydrogen-bond donors (Lipinski definition) is 1. The molecule has 1 N–H and O–H groups in total. The van der Waals surface area contributed by atoms with E-state index in [0.29, 0.717) is 41.1 Å². The molecule has 0 saturated carbocycles. The normalized spacial score (nSPS) is 15.2. The van der Waals surface area contributed by atoms with Crippen molar-refractivity contribution < 1.29 is 23.9 Å². The number of nitrogens with zero attached hydrogens (tertiary/aromatic N) is 1. The molecule has 0 saturated heterocycles.